The van der Waals surface area contributed by atoms with Gasteiger partial charge in [0.1, 0.15) is 0 Å². The molecule has 0 saturated carbocycles. The Morgan fingerprint density at radius 3 is 1.69 bits per heavy atom. The topological polar surface area (TPSA) is 25.0 Å². The van der Waals surface area contributed by atoms with Crippen LogP contribution in [0, 0.1) is 0 Å². The lowest BCUT2D eigenvalue weighted by molar-refractivity contribution is 0.901. The predicted molar refractivity (Wildman–Crippen MR) is 176 cm³/mol. The Bertz CT molecular complexity index is 1920. The van der Waals surface area contributed by atoms with E-state index in [4.69, 9.17) is 0 Å². The van der Waals surface area contributed by atoms with Crippen molar-refractivity contribution in [3.05, 3.63) is 140 Å². The van der Waals surface area contributed by atoms with E-state index in [0.29, 0.717) is 0 Å². The average Bonchev–Trinajstić information content (AvgIpc) is 3.78. The van der Waals surface area contributed by atoms with E-state index in [-0.39, 0.29) is 6.85 Å². The van der Waals surface area contributed by atoms with Crippen molar-refractivity contribution in [2.24, 2.45) is 0 Å². The summed E-state index contributed by atoms with van der Waals surface area (Å²) in [5.74, 6) is 0. The molecule has 0 amide bonds. The zero-order chi connectivity index (χ0) is 27.6. The summed E-state index contributed by atoms with van der Waals surface area (Å²) in [5.41, 5.74) is 13.9. The second-order valence-electron chi connectivity index (χ2n) is 11.2. The normalized spacial score (nSPS) is 15.7. The van der Waals surface area contributed by atoms with Crippen LogP contribution in [0.1, 0.15) is 0 Å². The van der Waals surface area contributed by atoms with Gasteiger partial charge in [0.2, 0.25) is 0 Å². The van der Waals surface area contributed by atoms with E-state index in [1.165, 1.54) is 61.6 Å². The fourth-order valence-electron chi connectivity index (χ4n) is 6.98. The first kappa shape index (κ1) is 23.4. The maximum atomic E-state index is 3.32. The molecule has 0 unspecified atom stereocenters. The highest BCUT2D eigenvalue weighted by atomic mass is 15.3. The molecule has 0 bridgehead atoms. The molecule has 0 fully saturated rings. The Morgan fingerprint density at radius 2 is 1.07 bits per heavy atom. The summed E-state index contributed by atoms with van der Waals surface area (Å²) in [4.78, 5) is 9.47. The highest BCUT2D eigenvalue weighted by Gasteiger charge is 2.42. The quantitative estimate of drug-likeness (QED) is 0.275. The summed E-state index contributed by atoms with van der Waals surface area (Å²) >= 11 is 0. The maximum Gasteiger partial charge on any atom is 0.329 e. The zero-order valence-corrected chi connectivity index (χ0v) is 23.1. The van der Waals surface area contributed by atoms with Gasteiger partial charge in [-0.1, -0.05) is 66.7 Å². The first-order chi connectivity index (χ1) is 20.8. The summed E-state index contributed by atoms with van der Waals surface area (Å²) in [6.07, 6.45) is 8.50. The standard InChI is InChI=1S/C36H28BN5/c1-2-8-26(9-3-1)40-20-21-41(25-40)28-15-17-30-32-11-5-7-13-36(32)42-35-12-6-4-10-31(35)29-16-14-27(39-19-18-38-24-39)22-33(29)37(42)34(30)23-28/h1-23,38H,24-25H2. The number of rotatable bonds is 3. The molecule has 6 heteroatoms. The molecule has 42 heavy (non-hydrogen) atoms. The van der Waals surface area contributed by atoms with Crippen LogP contribution in [0.4, 0.5) is 28.4 Å². The van der Waals surface area contributed by atoms with Gasteiger partial charge < -0.3 is 24.8 Å². The SMILES string of the molecule is C1=CN(c2ccc3c(c2)B2c4cc(N5C=CN(c6ccccc6)C5)ccc4-c4ccccc4N2c2ccccc2-3)CN1. The summed E-state index contributed by atoms with van der Waals surface area (Å²) in [6, 6.07) is 42.3. The Kier molecular flexibility index (Phi) is 5.05. The van der Waals surface area contributed by atoms with Crippen LogP contribution in [-0.2, 0) is 0 Å². The third kappa shape index (κ3) is 3.45. The molecule has 0 aromatic heterocycles. The van der Waals surface area contributed by atoms with Crippen molar-refractivity contribution >= 4 is 46.2 Å². The number of benzene rings is 5. The van der Waals surface area contributed by atoms with Gasteiger partial charge in [0.15, 0.2) is 0 Å². The van der Waals surface area contributed by atoms with Crippen molar-refractivity contribution < 1.29 is 0 Å². The molecule has 0 saturated heterocycles. The Balaban J connectivity index is 1.22. The third-order valence-electron chi connectivity index (χ3n) is 8.94. The van der Waals surface area contributed by atoms with Gasteiger partial charge in [0.05, 0.1) is 13.3 Å². The van der Waals surface area contributed by atoms with Crippen LogP contribution >= 0.6 is 0 Å². The molecule has 4 aliphatic rings. The lowest BCUT2D eigenvalue weighted by atomic mass is 9.43. The minimum atomic E-state index is 0.0519. The Labute approximate surface area is 246 Å². The van der Waals surface area contributed by atoms with Gasteiger partial charge in [-0.25, -0.2) is 0 Å². The van der Waals surface area contributed by atoms with Crippen LogP contribution in [0.2, 0.25) is 0 Å². The summed E-state index contributed by atoms with van der Waals surface area (Å²) < 4.78 is 0. The molecular formula is C36H28BN5. The van der Waals surface area contributed by atoms with E-state index < -0.39 is 0 Å². The predicted octanol–water partition coefficient (Wildman–Crippen LogP) is 6.19. The molecular weight excluding hydrogens is 513 g/mol. The van der Waals surface area contributed by atoms with Crippen molar-refractivity contribution in [3.63, 3.8) is 0 Å². The lowest BCUT2D eigenvalue weighted by Gasteiger charge is -2.43. The molecule has 4 heterocycles. The fourth-order valence-corrected chi connectivity index (χ4v) is 6.98. The molecule has 0 aliphatic carbocycles. The monoisotopic (exact) mass is 541 g/mol. The average molecular weight is 541 g/mol. The summed E-state index contributed by atoms with van der Waals surface area (Å²) in [5, 5.41) is 3.32. The second-order valence-corrected chi connectivity index (χ2v) is 11.2. The number of hydrogen-bond donors (Lipinski definition) is 1. The maximum absolute atomic E-state index is 3.32. The van der Waals surface area contributed by atoms with Crippen LogP contribution in [0.5, 0.6) is 0 Å². The highest BCUT2D eigenvalue weighted by Crippen LogP contribution is 2.46. The van der Waals surface area contributed by atoms with Crippen molar-refractivity contribution in [2.75, 3.05) is 32.8 Å². The van der Waals surface area contributed by atoms with Crippen LogP contribution in [-0.4, -0.2) is 20.2 Å². The van der Waals surface area contributed by atoms with E-state index in [2.05, 4.69) is 159 Å². The van der Waals surface area contributed by atoms with Crippen LogP contribution in [0.15, 0.2) is 140 Å². The number of para-hydroxylation sites is 3. The minimum absolute atomic E-state index is 0.0519. The largest absolute Gasteiger partial charge is 0.376 e. The molecule has 1 N–H and O–H groups in total. The van der Waals surface area contributed by atoms with Gasteiger partial charge >= 0.3 is 6.85 Å². The van der Waals surface area contributed by atoms with Gasteiger partial charge in [-0.2, -0.15) is 0 Å². The highest BCUT2D eigenvalue weighted by molar-refractivity contribution is 6.92. The first-order valence-electron chi connectivity index (χ1n) is 14.5. The lowest BCUT2D eigenvalue weighted by Crippen LogP contribution is -2.59. The number of fused-ring (bicyclic) bond motifs is 11. The van der Waals surface area contributed by atoms with E-state index in [9.17, 15) is 0 Å². The minimum Gasteiger partial charge on any atom is -0.376 e. The Hall–Kier alpha value is -5.36. The number of nitrogens with one attached hydrogen (secondary N) is 1. The molecule has 5 aromatic carbocycles. The van der Waals surface area contributed by atoms with Crippen LogP contribution < -0.4 is 35.8 Å². The first-order valence-corrected chi connectivity index (χ1v) is 14.5. The fraction of sp³-hybridized carbons (Fsp3) is 0.0556. The van der Waals surface area contributed by atoms with Crippen molar-refractivity contribution in [1.82, 2.24) is 5.32 Å². The molecule has 0 atom stereocenters. The van der Waals surface area contributed by atoms with Crippen LogP contribution in [0.25, 0.3) is 22.3 Å². The third-order valence-corrected chi connectivity index (χ3v) is 8.94. The van der Waals surface area contributed by atoms with Crippen molar-refractivity contribution in [1.29, 1.82) is 0 Å². The van der Waals surface area contributed by atoms with Gasteiger partial charge in [-0.15, -0.1) is 0 Å². The Morgan fingerprint density at radius 1 is 0.500 bits per heavy atom. The van der Waals surface area contributed by atoms with E-state index in [0.717, 1.165) is 13.3 Å². The number of anilines is 5. The van der Waals surface area contributed by atoms with E-state index >= 15 is 0 Å². The van der Waals surface area contributed by atoms with E-state index in [1.807, 2.05) is 6.20 Å². The van der Waals surface area contributed by atoms with Gasteiger partial charge in [0, 0.05) is 64.4 Å². The zero-order valence-electron chi connectivity index (χ0n) is 23.1. The summed E-state index contributed by atoms with van der Waals surface area (Å²) in [7, 11) is 0. The molecule has 5 aromatic rings. The van der Waals surface area contributed by atoms with Gasteiger partial charge in [0.25, 0.3) is 0 Å². The molecule has 0 spiro atoms. The van der Waals surface area contributed by atoms with Crippen molar-refractivity contribution in [3.8, 4) is 22.3 Å². The molecule has 0 radical (unpaired) electrons. The van der Waals surface area contributed by atoms with E-state index in [1.54, 1.807) is 0 Å². The van der Waals surface area contributed by atoms with Gasteiger partial charge in [-0.3, -0.25) is 0 Å². The summed E-state index contributed by atoms with van der Waals surface area (Å²) in [6.45, 7) is 1.62. The molecule has 200 valence electrons. The smallest absolute Gasteiger partial charge is 0.329 e. The molecule has 9 rings (SSSR count). The molecule has 5 nitrogen and oxygen atoms in total. The van der Waals surface area contributed by atoms with Crippen LogP contribution in [0.3, 0.4) is 0 Å². The second kappa shape index (κ2) is 9.08. The van der Waals surface area contributed by atoms with Gasteiger partial charge in [-0.05, 0) is 70.6 Å². The molecule has 4 aliphatic heterocycles. The number of nitrogens with zero attached hydrogens (tertiary/aromatic N) is 4. The van der Waals surface area contributed by atoms with Crippen molar-refractivity contribution in [2.45, 2.75) is 0 Å². The number of hydrogen-bond acceptors (Lipinski definition) is 5.